The second-order valence-electron chi connectivity index (χ2n) is 5.72. The van der Waals surface area contributed by atoms with Crippen molar-refractivity contribution < 1.29 is 4.74 Å². The van der Waals surface area contributed by atoms with Crippen LogP contribution >= 0.6 is 0 Å². The maximum atomic E-state index is 6.16. The van der Waals surface area contributed by atoms with Gasteiger partial charge in [0.1, 0.15) is 0 Å². The number of hydrogen-bond donors (Lipinski definition) is 1. The Bertz CT molecular complexity index is 207. The van der Waals surface area contributed by atoms with E-state index in [1.54, 1.807) is 0 Å². The van der Waals surface area contributed by atoms with Crippen LogP contribution in [0.2, 0.25) is 0 Å². The Kier molecular flexibility index (Phi) is 3.68. The van der Waals surface area contributed by atoms with E-state index in [-0.39, 0.29) is 0 Å². The van der Waals surface area contributed by atoms with Gasteiger partial charge in [0, 0.05) is 6.04 Å². The van der Waals surface area contributed by atoms with E-state index in [0.717, 1.165) is 24.7 Å². The van der Waals surface area contributed by atoms with Gasteiger partial charge in [0.05, 0.1) is 12.2 Å². The molecule has 0 spiro atoms. The minimum atomic E-state index is 0.398. The van der Waals surface area contributed by atoms with Crippen LogP contribution in [0.3, 0.4) is 0 Å². The van der Waals surface area contributed by atoms with Crippen LogP contribution in [0.25, 0.3) is 0 Å². The monoisotopic (exact) mass is 211 g/mol. The molecule has 0 saturated heterocycles. The Balaban J connectivity index is 1.75. The average Bonchev–Trinajstić information content (AvgIpc) is 2.58. The van der Waals surface area contributed by atoms with Crippen molar-refractivity contribution in [3.8, 4) is 0 Å². The largest absolute Gasteiger partial charge is 0.375 e. The van der Waals surface area contributed by atoms with Gasteiger partial charge in [0.15, 0.2) is 0 Å². The lowest BCUT2D eigenvalue weighted by molar-refractivity contribution is -0.0441. The molecule has 2 rings (SSSR count). The van der Waals surface area contributed by atoms with E-state index in [0.29, 0.717) is 18.2 Å². The molecule has 0 aliphatic heterocycles. The van der Waals surface area contributed by atoms with Crippen molar-refractivity contribution >= 4 is 0 Å². The van der Waals surface area contributed by atoms with Crippen molar-refractivity contribution in [2.24, 2.45) is 17.6 Å². The summed E-state index contributed by atoms with van der Waals surface area (Å²) in [7, 11) is 0. The summed E-state index contributed by atoms with van der Waals surface area (Å²) in [6.07, 6.45) is 8.26. The van der Waals surface area contributed by atoms with Gasteiger partial charge >= 0.3 is 0 Å². The molecule has 2 fully saturated rings. The first-order chi connectivity index (χ1) is 7.15. The lowest BCUT2D eigenvalue weighted by Gasteiger charge is -2.33. The maximum Gasteiger partial charge on any atom is 0.0594 e. The Morgan fingerprint density at radius 2 is 1.53 bits per heavy atom. The summed E-state index contributed by atoms with van der Waals surface area (Å²) in [4.78, 5) is 0. The summed E-state index contributed by atoms with van der Waals surface area (Å²) in [5, 5.41) is 0. The van der Waals surface area contributed by atoms with Gasteiger partial charge in [-0.3, -0.25) is 0 Å². The normalized spacial score (nSPS) is 47.0. The third-order valence-electron chi connectivity index (χ3n) is 4.36. The highest BCUT2D eigenvalue weighted by atomic mass is 16.5. The Hall–Kier alpha value is -0.0800. The Morgan fingerprint density at radius 1 is 0.867 bits per heavy atom. The van der Waals surface area contributed by atoms with E-state index in [2.05, 4.69) is 13.8 Å². The van der Waals surface area contributed by atoms with E-state index in [1.165, 1.54) is 25.7 Å². The van der Waals surface area contributed by atoms with Gasteiger partial charge < -0.3 is 10.5 Å². The minimum Gasteiger partial charge on any atom is -0.375 e. The molecule has 2 saturated carbocycles. The van der Waals surface area contributed by atoms with Crippen LogP contribution in [0.5, 0.6) is 0 Å². The van der Waals surface area contributed by atoms with Gasteiger partial charge in [-0.15, -0.1) is 0 Å². The fourth-order valence-corrected chi connectivity index (χ4v) is 2.99. The fourth-order valence-electron chi connectivity index (χ4n) is 2.99. The summed E-state index contributed by atoms with van der Waals surface area (Å²) >= 11 is 0. The molecule has 0 aromatic heterocycles. The molecule has 5 unspecified atom stereocenters. The molecule has 0 heterocycles. The fraction of sp³-hybridized carbons (Fsp3) is 1.00. The zero-order chi connectivity index (χ0) is 10.8. The molecular formula is C13H25NO. The first-order valence-corrected chi connectivity index (χ1v) is 6.56. The minimum absolute atomic E-state index is 0.398. The van der Waals surface area contributed by atoms with Crippen LogP contribution in [0.4, 0.5) is 0 Å². The van der Waals surface area contributed by atoms with Crippen LogP contribution in [-0.2, 0) is 4.74 Å². The quantitative estimate of drug-likeness (QED) is 0.762. The van der Waals surface area contributed by atoms with Gasteiger partial charge in [-0.2, -0.15) is 0 Å². The molecule has 0 radical (unpaired) electrons. The van der Waals surface area contributed by atoms with Crippen LogP contribution < -0.4 is 5.73 Å². The van der Waals surface area contributed by atoms with Crippen molar-refractivity contribution in [3.05, 3.63) is 0 Å². The zero-order valence-corrected chi connectivity index (χ0v) is 10.1. The van der Waals surface area contributed by atoms with Crippen molar-refractivity contribution in [2.45, 2.75) is 70.6 Å². The molecule has 2 aliphatic rings. The number of rotatable bonds is 2. The van der Waals surface area contributed by atoms with E-state index < -0.39 is 0 Å². The molecule has 2 heteroatoms. The highest BCUT2D eigenvalue weighted by molar-refractivity contribution is 4.82. The standard InChI is InChI=1S/C13H25NO/c1-9-3-5-12(7-10(9)2)15-13-6-4-11(14)8-13/h9-13H,3-8,14H2,1-2H3. The highest BCUT2D eigenvalue weighted by Crippen LogP contribution is 2.33. The van der Waals surface area contributed by atoms with Gasteiger partial charge in [-0.25, -0.2) is 0 Å². The van der Waals surface area contributed by atoms with E-state index in [9.17, 15) is 0 Å². The predicted molar refractivity (Wildman–Crippen MR) is 62.7 cm³/mol. The SMILES string of the molecule is CC1CCC(OC2CCC(N)C2)CC1C. The molecule has 0 bridgehead atoms. The van der Waals surface area contributed by atoms with E-state index in [1.807, 2.05) is 0 Å². The second kappa shape index (κ2) is 4.84. The maximum absolute atomic E-state index is 6.16. The third-order valence-corrected chi connectivity index (χ3v) is 4.36. The summed E-state index contributed by atoms with van der Waals surface area (Å²) in [6, 6.07) is 0.398. The summed E-state index contributed by atoms with van der Waals surface area (Å²) in [5.74, 6) is 1.72. The lowest BCUT2D eigenvalue weighted by Crippen LogP contribution is -2.30. The number of ether oxygens (including phenoxy) is 1. The van der Waals surface area contributed by atoms with Gasteiger partial charge in [-0.1, -0.05) is 13.8 Å². The Labute approximate surface area is 93.6 Å². The van der Waals surface area contributed by atoms with Crippen molar-refractivity contribution in [1.82, 2.24) is 0 Å². The zero-order valence-electron chi connectivity index (χ0n) is 10.1. The van der Waals surface area contributed by atoms with Crippen molar-refractivity contribution in [3.63, 3.8) is 0 Å². The smallest absolute Gasteiger partial charge is 0.0594 e. The average molecular weight is 211 g/mol. The number of nitrogens with two attached hydrogens (primary N) is 1. The van der Waals surface area contributed by atoms with Crippen LogP contribution in [0, 0.1) is 11.8 Å². The van der Waals surface area contributed by atoms with E-state index in [4.69, 9.17) is 10.5 Å². The summed E-state index contributed by atoms with van der Waals surface area (Å²) in [6.45, 7) is 4.73. The molecular weight excluding hydrogens is 186 g/mol. The summed E-state index contributed by atoms with van der Waals surface area (Å²) in [5.41, 5.74) is 5.90. The highest BCUT2D eigenvalue weighted by Gasteiger charge is 2.29. The molecule has 0 amide bonds. The van der Waals surface area contributed by atoms with Crippen LogP contribution in [0.1, 0.15) is 52.4 Å². The molecule has 0 aromatic rings. The predicted octanol–water partition coefficient (Wildman–Crippen LogP) is 2.71. The van der Waals surface area contributed by atoms with Crippen LogP contribution in [-0.4, -0.2) is 18.2 Å². The first kappa shape index (κ1) is 11.4. The van der Waals surface area contributed by atoms with Gasteiger partial charge in [0.2, 0.25) is 0 Å². The third kappa shape index (κ3) is 2.94. The van der Waals surface area contributed by atoms with Crippen LogP contribution in [0.15, 0.2) is 0 Å². The van der Waals surface area contributed by atoms with Crippen molar-refractivity contribution in [1.29, 1.82) is 0 Å². The van der Waals surface area contributed by atoms with Gasteiger partial charge in [-0.05, 0) is 50.4 Å². The second-order valence-corrected chi connectivity index (χ2v) is 5.72. The molecule has 5 atom stereocenters. The Morgan fingerprint density at radius 3 is 2.13 bits per heavy atom. The molecule has 88 valence electrons. The molecule has 2 nitrogen and oxygen atoms in total. The lowest BCUT2D eigenvalue weighted by atomic mass is 9.80. The van der Waals surface area contributed by atoms with Crippen molar-refractivity contribution in [2.75, 3.05) is 0 Å². The molecule has 2 N–H and O–H groups in total. The first-order valence-electron chi connectivity index (χ1n) is 6.56. The van der Waals surface area contributed by atoms with E-state index >= 15 is 0 Å². The molecule has 2 aliphatic carbocycles. The topological polar surface area (TPSA) is 35.2 Å². The van der Waals surface area contributed by atoms with Gasteiger partial charge in [0.25, 0.3) is 0 Å². The summed E-state index contributed by atoms with van der Waals surface area (Å²) < 4.78 is 6.16. The number of hydrogen-bond acceptors (Lipinski definition) is 2. The molecule has 0 aromatic carbocycles. The molecule has 15 heavy (non-hydrogen) atoms.